The Balaban J connectivity index is 1.39. The molecule has 0 aliphatic carbocycles. The molecule has 0 spiro atoms. The second kappa shape index (κ2) is 11.1. The normalized spacial score (nSPS) is 21.0. The molecule has 0 bridgehead atoms. The number of carbonyl (C=O) groups is 1. The van der Waals surface area contributed by atoms with Gasteiger partial charge in [0.1, 0.15) is 40.9 Å². The van der Waals surface area contributed by atoms with E-state index in [9.17, 15) is 9.00 Å². The number of fused-ring (bicyclic) bond motifs is 1. The Morgan fingerprint density at radius 2 is 1.92 bits per heavy atom. The molecule has 0 aromatic heterocycles. The molecule has 2 fully saturated rings. The number of nitrogens with zero attached hydrogens (tertiary/aromatic N) is 3. The van der Waals surface area contributed by atoms with Crippen LogP contribution in [-0.4, -0.2) is 85.1 Å². The first-order valence-electron chi connectivity index (χ1n) is 12.5. The molecule has 36 heavy (non-hydrogen) atoms. The summed E-state index contributed by atoms with van der Waals surface area (Å²) in [6.07, 6.45) is 1.30. The number of likely N-dealkylation sites (tertiary alicyclic amines) is 1. The Bertz CT molecular complexity index is 1120. The summed E-state index contributed by atoms with van der Waals surface area (Å²) < 4.78 is 38.5. The number of hydrogen-bond acceptors (Lipinski definition) is 7. The maximum Gasteiger partial charge on any atom is 0.222 e. The fourth-order valence-electron chi connectivity index (χ4n) is 4.83. The summed E-state index contributed by atoms with van der Waals surface area (Å²) in [6.45, 7) is 6.78. The number of ether oxygens (including phenoxy) is 4. The number of carbonyl (C=O) groups excluding carboxylic acids is 1. The number of hydrogen-bond donors (Lipinski definition) is 0. The van der Waals surface area contributed by atoms with Gasteiger partial charge < -0.3 is 28.7 Å². The molecule has 0 N–H and O–H groups in total. The molecule has 5 rings (SSSR count). The van der Waals surface area contributed by atoms with Crippen molar-refractivity contribution in [3.05, 3.63) is 36.4 Å². The highest BCUT2D eigenvalue weighted by atomic mass is 32.2. The quantitative estimate of drug-likeness (QED) is 0.561. The van der Waals surface area contributed by atoms with Crippen molar-refractivity contribution in [2.24, 2.45) is 0 Å². The molecule has 2 saturated heterocycles. The average Bonchev–Trinajstić information content (AvgIpc) is 3.40. The smallest absolute Gasteiger partial charge is 0.222 e. The van der Waals surface area contributed by atoms with Crippen molar-refractivity contribution in [2.45, 2.75) is 30.8 Å². The molecular formula is C26H33N3O6S. The summed E-state index contributed by atoms with van der Waals surface area (Å²) in [5.41, 5.74) is 1.81. The summed E-state index contributed by atoms with van der Waals surface area (Å²) in [5, 5.41) is 0. The zero-order valence-electron chi connectivity index (χ0n) is 20.8. The SMILES string of the molecule is CCC(=O)N1CCC(Oc2ccc3c(c2)N(c2ccc(OC)c(S(=O)N4CCOCC4)c2)CCO3)C1. The van der Waals surface area contributed by atoms with Crippen LogP contribution in [0.3, 0.4) is 0 Å². The molecule has 194 valence electrons. The Labute approximate surface area is 214 Å². The van der Waals surface area contributed by atoms with Gasteiger partial charge in [-0.2, -0.15) is 0 Å². The van der Waals surface area contributed by atoms with Gasteiger partial charge in [-0.25, -0.2) is 8.51 Å². The molecule has 0 radical (unpaired) electrons. The van der Waals surface area contributed by atoms with E-state index >= 15 is 0 Å². The first-order chi connectivity index (χ1) is 17.6. The van der Waals surface area contributed by atoms with Gasteiger partial charge in [0.05, 0.1) is 44.0 Å². The minimum Gasteiger partial charge on any atom is -0.495 e. The molecular weight excluding hydrogens is 482 g/mol. The molecule has 9 nitrogen and oxygen atoms in total. The fourth-order valence-corrected chi connectivity index (χ4v) is 6.13. The third-order valence-corrected chi connectivity index (χ3v) is 8.28. The Kier molecular flexibility index (Phi) is 7.64. The highest BCUT2D eigenvalue weighted by molar-refractivity contribution is 7.82. The van der Waals surface area contributed by atoms with E-state index in [-0.39, 0.29) is 12.0 Å². The standard InChI is InChI=1S/C26H33N3O6S/c1-3-26(30)27-9-8-21(18-27)35-20-5-7-23-22(17-20)29(12-15-34-23)19-4-6-24(32-2)25(16-19)36(31)28-10-13-33-14-11-28/h4-7,16-17,21H,3,8-15,18H2,1-2H3. The van der Waals surface area contributed by atoms with Gasteiger partial charge in [0.25, 0.3) is 0 Å². The van der Waals surface area contributed by atoms with Crippen LogP contribution in [-0.2, 0) is 20.5 Å². The van der Waals surface area contributed by atoms with Gasteiger partial charge in [0, 0.05) is 44.2 Å². The van der Waals surface area contributed by atoms with Gasteiger partial charge in [-0.15, -0.1) is 0 Å². The van der Waals surface area contributed by atoms with Gasteiger partial charge in [0.15, 0.2) is 0 Å². The van der Waals surface area contributed by atoms with E-state index in [1.807, 2.05) is 52.5 Å². The predicted molar refractivity (Wildman–Crippen MR) is 137 cm³/mol. The van der Waals surface area contributed by atoms with Gasteiger partial charge in [-0.3, -0.25) is 4.79 Å². The van der Waals surface area contributed by atoms with Crippen LogP contribution in [0.4, 0.5) is 11.4 Å². The lowest BCUT2D eigenvalue weighted by Crippen LogP contribution is -2.37. The average molecular weight is 516 g/mol. The van der Waals surface area contributed by atoms with E-state index in [0.717, 1.165) is 35.8 Å². The molecule has 2 unspecified atom stereocenters. The molecule has 2 aromatic carbocycles. The monoisotopic (exact) mass is 515 g/mol. The van der Waals surface area contributed by atoms with Crippen molar-refractivity contribution in [3.8, 4) is 17.2 Å². The zero-order valence-corrected chi connectivity index (χ0v) is 21.6. The third kappa shape index (κ3) is 5.16. The minimum atomic E-state index is -1.36. The molecule has 1 amide bonds. The molecule has 2 atom stereocenters. The van der Waals surface area contributed by atoms with Crippen molar-refractivity contribution in [1.82, 2.24) is 9.21 Å². The Hall–Kier alpha value is -2.82. The van der Waals surface area contributed by atoms with Crippen molar-refractivity contribution in [2.75, 3.05) is 64.6 Å². The largest absolute Gasteiger partial charge is 0.495 e. The molecule has 3 aliphatic heterocycles. The van der Waals surface area contributed by atoms with E-state index in [2.05, 4.69) is 4.90 Å². The number of morpholine rings is 1. The second-order valence-corrected chi connectivity index (χ2v) is 10.4. The van der Waals surface area contributed by atoms with E-state index in [1.165, 1.54) is 0 Å². The van der Waals surface area contributed by atoms with Gasteiger partial charge in [-0.1, -0.05) is 6.92 Å². The number of rotatable bonds is 7. The van der Waals surface area contributed by atoms with Crippen LogP contribution in [0, 0.1) is 0 Å². The van der Waals surface area contributed by atoms with Gasteiger partial charge in [-0.05, 0) is 30.3 Å². The van der Waals surface area contributed by atoms with Crippen LogP contribution < -0.4 is 19.1 Å². The lowest BCUT2D eigenvalue weighted by atomic mass is 10.2. The zero-order chi connectivity index (χ0) is 25.1. The van der Waals surface area contributed by atoms with Crippen molar-refractivity contribution < 1.29 is 28.0 Å². The lowest BCUT2D eigenvalue weighted by Gasteiger charge is -2.32. The topological polar surface area (TPSA) is 80.8 Å². The number of benzene rings is 2. The van der Waals surface area contributed by atoms with Crippen LogP contribution in [0.2, 0.25) is 0 Å². The maximum atomic E-state index is 13.4. The van der Waals surface area contributed by atoms with Gasteiger partial charge >= 0.3 is 0 Å². The summed E-state index contributed by atoms with van der Waals surface area (Å²) >= 11 is 0. The molecule has 0 saturated carbocycles. The van der Waals surface area contributed by atoms with E-state index < -0.39 is 11.0 Å². The van der Waals surface area contributed by atoms with Crippen molar-refractivity contribution in [3.63, 3.8) is 0 Å². The molecule has 3 aliphatic rings. The van der Waals surface area contributed by atoms with E-state index in [0.29, 0.717) is 63.1 Å². The van der Waals surface area contributed by atoms with Crippen LogP contribution in [0.1, 0.15) is 19.8 Å². The van der Waals surface area contributed by atoms with Crippen LogP contribution in [0.25, 0.3) is 0 Å². The Morgan fingerprint density at radius 3 is 2.69 bits per heavy atom. The van der Waals surface area contributed by atoms with Crippen LogP contribution >= 0.6 is 0 Å². The van der Waals surface area contributed by atoms with Gasteiger partial charge in [0.2, 0.25) is 5.91 Å². The summed E-state index contributed by atoms with van der Waals surface area (Å²) in [7, 11) is 0.242. The van der Waals surface area contributed by atoms with Crippen LogP contribution in [0.15, 0.2) is 41.3 Å². The first kappa shape index (κ1) is 24.9. The summed E-state index contributed by atoms with van der Waals surface area (Å²) in [4.78, 5) is 16.7. The summed E-state index contributed by atoms with van der Waals surface area (Å²) in [5.74, 6) is 2.28. The maximum absolute atomic E-state index is 13.4. The highest BCUT2D eigenvalue weighted by Gasteiger charge is 2.28. The second-order valence-electron chi connectivity index (χ2n) is 8.98. The van der Waals surface area contributed by atoms with E-state index in [1.54, 1.807) is 7.11 Å². The van der Waals surface area contributed by atoms with Crippen molar-refractivity contribution in [1.29, 1.82) is 0 Å². The number of anilines is 2. The highest BCUT2D eigenvalue weighted by Crippen LogP contribution is 2.41. The molecule has 3 heterocycles. The fraction of sp³-hybridized carbons (Fsp3) is 0.500. The third-order valence-electron chi connectivity index (χ3n) is 6.75. The molecule has 2 aromatic rings. The first-order valence-corrected chi connectivity index (χ1v) is 13.6. The van der Waals surface area contributed by atoms with E-state index in [4.69, 9.17) is 18.9 Å². The minimum absolute atomic E-state index is 0.0277. The lowest BCUT2D eigenvalue weighted by molar-refractivity contribution is -0.130. The summed E-state index contributed by atoms with van der Waals surface area (Å²) in [6, 6.07) is 11.6. The number of amides is 1. The Morgan fingerprint density at radius 1 is 1.08 bits per heavy atom. The molecule has 10 heteroatoms. The van der Waals surface area contributed by atoms with Crippen molar-refractivity contribution >= 4 is 28.3 Å². The number of methoxy groups -OCH3 is 1. The predicted octanol–water partition coefficient (Wildman–Crippen LogP) is 2.97. The van der Waals surface area contributed by atoms with Crippen LogP contribution in [0.5, 0.6) is 17.2 Å².